The Kier molecular flexibility index (Phi) is 7.90. The zero-order chi connectivity index (χ0) is 21.2. The van der Waals surface area contributed by atoms with Crippen LogP contribution in [0, 0.1) is 0 Å². The van der Waals surface area contributed by atoms with Crippen molar-refractivity contribution in [3.05, 3.63) is 48.0 Å². The van der Waals surface area contributed by atoms with Gasteiger partial charge in [0.1, 0.15) is 23.0 Å². The van der Waals surface area contributed by atoms with Crippen molar-refractivity contribution in [2.75, 3.05) is 40.4 Å². The second kappa shape index (κ2) is 10.6. The SMILES string of the molecule is COc1cc(NC(=O)COC(=O)/C=C/c2cc(OC)ccc2OC)cc(OC)c1. The summed E-state index contributed by atoms with van der Waals surface area (Å²) in [6, 6.07) is 10.1. The molecule has 0 spiro atoms. The molecule has 0 unspecified atom stereocenters. The summed E-state index contributed by atoms with van der Waals surface area (Å²) < 4.78 is 25.6. The van der Waals surface area contributed by atoms with Crippen molar-refractivity contribution < 1.29 is 33.3 Å². The van der Waals surface area contributed by atoms with Crippen LogP contribution >= 0.6 is 0 Å². The number of carbonyl (C=O) groups excluding carboxylic acids is 2. The van der Waals surface area contributed by atoms with Crippen molar-refractivity contribution in [3.63, 3.8) is 0 Å². The molecule has 0 aliphatic carbocycles. The van der Waals surface area contributed by atoms with Gasteiger partial charge in [0.05, 0.1) is 28.4 Å². The quantitative estimate of drug-likeness (QED) is 0.510. The average molecular weight is 401 g/mol. The van der Waals surface area contributed by atoms with Gasteiger partial charge in [-0.25, -0.2) is 4.79 Å². The summed E-state index contributed by atoms with van der Waals surface area (Å²) in [4.78, 5) is 24.0. The zero-order valence-electron chi connectivity index (χ0n) is 16.7. The number of rotatable bonds is 9. The highest BCUT2D eigenvalue weighted by Gasteiger charge is 2.09. The molecule has 1 amide bonds. The third-order valence-electron chi connectivity index (χ3n) is 3.82. The van der Waals surface area contributed by atoms with Gasteiger partial charge in [-0.05, 0) is 24.3 Å². The van der Waals surface area contributed by atoms with E-state index in [-0.39, 0.29) is 0 Å². The standard InChI is InChI=1S/C21H23NO7/c1-25-16-6-7-19(28-4)14(9-16)5-8-21(24)29-13-20(23)22-15-10-17(26-2)12-18(11-15)27-3/h5-12H,13H2,1-4H3,(H,22,23)/b8-5+. The van der Waals surface area contributed by atoms with Crippen molar-refractivity contribution in [2.45, 2.75) is 0 Å². The second-order valence-corrected chi connectivity index (χ2v) is 5.70. The van der Waals surface area contributed by atoms with E-state index in [1.54, 1.807) is 43.5 Å². The topological polar surface area (TPSA) is 92.3 Å². The molecule has 0 radical (unpaired) electrons. The molecule has 0 bridgehead atoms. The van der Waals surface area contributed by atoms with Crippen LogP contribution in [0.1, 0.15) is 5.56 Å². The molecule has 0 aliphatic heterocycles. The van der Waals surface area contributed by atoms with Gasteiger partial charge in [0, 0.05) is 35.5 Å². The molecular formula is C21H23NO7. The van der Waals surface area contributed by atoms with Crippen molar-refractivity contribution >= 4 is 23.6 Å². The lowest BCUT2D eigenvalue weighted by molar-refractivity contribution is -0.142. The van der Waals surface area contributed by atoms with E-state index >= 15 is 0 Å². The number of anilines is 1. The number of carbonyl (C=O) groups is 2. The molecule has 2 aromatic carbocycles. The van der Waals surface area contributed by atoms with E-state index in [9.17, 15) is 9.59 Å². The first-order chi connectivity index (χ1) is 14.0. The molecule has 0 saturated carbocycles. The van der Waals surface area contributed by atoms with E-state index in [2.05, 4.69) is 5.32 Å². The number of benzene rings is 2. The van der Waals surface area contributed by atoms with Gasteiger partial charge in [-0.15, -0.1) is 0 Å². The predicted octanol–water partition coefficient (Wildman–Crippen LogP) is 2.92. The lowest BCUT2D eigenvalue weighted by atomic mass is 10.1. The fourth-order valence-corrected chi connectivity index (χ4v) is 2.39. The first kappa shape index (κ1) is 21.6. The van der Waals surface area contributed by atoms with E-state index in [1.807, 2.05) is 0 Å². The maximum Gasteiger partial charge on any atom is 0.331 e. The molecule has 0 saturated heterocycles. The monoisotopic (exact) mass is 401 g/mol. The maximum absolute atomic E-state index is 12.0. The highest BCUT2D eigenvalue weighted by atomic mass is 16.5. The number of amides is 1. The Morgan fingerprint density at radius 2 is 1.52 bits per heavy atom. The van der Waals surface area contributed by atoms with Crippen molar-refractivity contribution in [3.8, 4) is 23.0 Å². The molecular weight excluding hydrogens is 378 g/mol. The van der Waals surface area contributed by atoms with Gasteiger partial charge in [0.15, 0.2) is 6.61 Å². The van der Waals surface area contributed by atoms with Gasteiger partial charge in [0.25, 0.3) is 5.91 Å². The van der Waals surface area contributed by atoms with Crippen molar-refractivity contribution in [1.29, 1.82) is 0 Å². The zero-order valence-corrected chi connectivity index (χ0v) is 16.7. The molecule has 2 aromatic rings. The lowest BCUT2D eigenvalue weighted by Gasteiger charge is -2.10. The molecule has 8 nitrogen and oxygen atoms in total. The molecule has 8 heteroatoms. The van der Waals surface area contributed by atoms with Crippen LogP contribution in [-0.4, -0.2) is 46.9 Å². The fourth-order valence-electron chi connectivity index (χ4n) is 2.39. The minimum absolute atomic E-state index is 0.446. The van der Waals surface area contributed by atoms with E-state index in [1.165, 1.54) is 33.5 Å². The van der Waals surface area contributed by atoms with Crippen LogP contribution in [0.3, 0.4) is 0 Å². The van der Waals surface area contributed by atoms with E-state index in [4.69, 9.17) is 23.7 Å². The Hall–Kier alpha value is -3.68. The minimum Gasteiger partial charge on any atom is -0.497 e. The van der Waals surface area contributed by atoms with E-state index < -0.39 is 18.5 Å². The molecule has 0 aliphatic rings. The molecule has 2 rings (SSSR count). The van der Waals surface area contributed by atoms with Crippen LogP contribution in [0.25, 0.3) is 6.08 Å². The second-order valence-electron chi connectivity index (χ2n) is 5.70. The van der Waals surface area contributed by atoms with Crippen LogP contribution in [0.5, 0.6) is 23.0 Å². The molecule has 0 aromatic heterocycles. The molecule has 0 fully saturated rings. The predicted molar refractivity (Wildman–Crippen MR) is 108 cm³/mol. The van der Waals surface area contributed by atoms with Crippen molar-refractivity contribution in [2.24, 2.45) is 0 Å². The van der Waals surface area contributed by atoms with E-state index in [0.29, 0.717) is 34.2 Å². The first-order valence-electron chi connectivity index (χ1n) is 8.58. The van der Waals surface area contributed by atoms with Gasteiger partial charge in [-0.2, -0.15) is 0 Å². The van der Waals surface area contributed by atoms with Gasteiger partial charge in [-0.1, -0.05) is 0 Å². The summed E-state index contributed by atoms with van der Waals surface area (Å²) in [5, 5.41) is 2.62. The van der Waals surface area contributed by atoms with Crippen LogP contribution in [0.4, 0.5) is 5.69 Å². The Bertz CT molecular complexity index is 870. The summed E-state index contributed by atoms with van der Waals surface area (Å²) >= 11 is 0. The maximum atomic E-state index is 12.0. The fraction of sp³-hybridized carbons (Fsp3) is 0.238. The Morgan fingerprint density at radius 1 is 0.862 bits per heavy atom. The summed E-state index contributed by atoms with van der Waals surface area (Å²) in [6.45, 7) is -0.446. The van der Waals surface area contributed by atoms with Crippen LogP contribution in [0.2, 0.25) is 0 Å². The first-order valence-corrected chi connectivity index (χ1v) is 8.58. The number of hydrogen-bond donors (Lipinski definition) is 1. The number of esters is 1. The summed E-state index contributed by atoms with van der Waals surface area (Å²) in [5.41, 5.74) is 1.09. The van der Waals surface area contributed by atoms with Crippen molar-refractivity contribution in [1.82, 2.24) is 0 Å². The highest BCUT2D eigenvalue weighted by molar-refractivity contribution is 5.95. The van der Waals surface area contributed by atoms with Crippen LogP contribution < -0.4 is 24.3 Å². The molecule has 1 N–H and O–H groups in total. The average Bonchev–Trinajstić information content (AvgIpc) is 2.75. The Morgan fingerprint density at radius 3 is 2.10 bits per heavy atom. The molecule has 0 heterocycles. The largest absolute Gasteiger partial charge is 0.497 e. The number of hydrogen-bond acceptors (Lipinski definition) is 7. The van der Waals surface area contributed by atoms with Gasteiger partial charge < -0.3 is 29.0 Å². The summed E-state index contributed by atoms with van der Waals surface area (Å²) in [6.07, 6.45) is 2.73. The Labute approximate surface area is 169 Å². The lowest BCUT2D eigenvalue weighted by Crippen LogP contribution is -2.20. The van der Waals surface area contributed by atoms with Gasteiger partial charge in [0.2, 0.25) is 0 Å². The summed E-state index contributed by atoms with van der Waals surface area (Å²) in [7, 11) is 6.08. The molecule has 154 valence electrons. The Balaban J connectivity index is 1.94. The number of nitrogens with one attached hydrogen (secondary N) is 1. The van der Waals surface area contributed by atoms with Gasteiger partial charge in [-0.3, -0.25) is 4.79 Å². The number of ether oxygens (including phenoxy) is 5. The molecule has 29 heavy (non-hydrogen) atoms. The summed E-state index contributed by atoms with van der Waals surface area (Å²) in [5.74, 6) is 1.05. The third-order valence-corrected chi connectivity index (χ3v) is 3.82. The van der Waals surface area contributed by atoms with Crippen LogP contribution in [0.15, 0.2) is 42.5 Å². The number of methoxy groups -OCH3 is 4. The normalized spacial score (nSPS) is 10.3. The third kappa shape index (κ3) is 6.46. The highest BCUT2D eigenvalue weighted by Crippen LogP contribution is 2.26. The van der Waals surface area contributed by atoms with Crippen LogP contribution in [-0.2, 0) is 14.3 Å². The molecule has 0 atom stereocenters. The van der Waals surface area contributed by atoms with Gasteiger partial charge >= 0.3 is 5.97 Å². The van der Waals surface area contributed by atoms with E-state index in [0.717, 1.165) is 0 Å². The minimum atomic E-state index is -0.673. The smallest absolute Gasteiger partial charge is 0.331 e.